The summed E-state index contributed by atoms with van der Waals surface area (Å²) < 4.78 is 17.0. The van der Waals surface area contributed by atoms with E-state index in [1.54, 1.807) is 0 Å². The molecule has 0 fully saturated rings. The molecule has 1 heterocycles. The number of hydrogen-bond acceptors (Lipinski definition) is 7. The molecular weight excluding hydrogens is 400 g/mol. The molecule has 0 saturated heterocycles. The SMILES string of the molecule is CCCCCCn1c(O)c(C(=O)c2cc(OC)c(OC)c(OC)c2)c(C)c(C#N)c1=O. The van der Waals surface area contributed by atoms with Gasteiger partial charge in [-0.15, -0.1) is 0 Å². The van der Waals surface area contributed by atoms with Gasteiger partial charge in [0.25, 0.3) is 5.56 Å². The summed E-state index contributed by atoms with van der Waals surface area (Å²) in [7, 11) is 4.31. The van der Waals surface area contributed by atoms with E-state index in [1.165, 1.54) is 40.4 Å². The van der Waals surface area contributed by atoms with E-state index in [4.69, 9.17) is 14.2 Å². The van der Waals surface area contributed by atoms with Gasteiger partial charge in [-0.05, 0) is 31.0 Å². The predicted octanol–water partition coefficient (Wildman–Crippen LogP) is 3.57. The number of rotatable bonds is 10. The van der Waals surface area contributed by atoms with Crippen LogP contribution in [0, 0.1) is 18.3 Å². The third kappa shape index (κ3) is 4.66. The van der Waals surface area contributed by atoms with Gasteiger partial charge in [-0.3, -0.25) is 14.2 Å². The summed E-state index contributed by atoms with van der Waals surface area (Å²) in [6.07, 6.45) is 3.52. The van der Waals surface area contributed by atoms with E-state index in [2.05, 4.69) is 6.92 Å². The summed E-state index contributed by atoms with van der Waals surface area (Å²) in [6, 6.07) is 4.80. The van der Waals surface area contributed by atoms with Crippen LogP contribution >= 0.6 is 0 Å². The molecule has 1 aromatic carbocycles. The minimum atomic E-state index is -0.601. The molecular formula is C23H28N2O6. The van der Waals surface area contributed by atoms with Gasteiger partial charge < -0.3 is 19.3 Å². The lowest BCUT2D eigenvalue weighted by atomic mass is 9.96. The molecule has 8 heteroatoms. The number of methoxy groups -OCH3 is 3. The number of ether oxygens (including phenoxy) is 3. The van der Waals surface area contributed by atoms with Gasteiger partial charge in [-0.1, -0.05) is 26.2 Å². The van der Waals surface area contributed by atoms with Crippen molar-refractivity contribution in [1.82, 2.24) is 4.57 Å². The number of aromatic nitrogens is 1. The number of nitrogens with zero attached hydrogens (tertiary/aromatic N) is 2. The normalized spacial score (nSPS) is 10.5. The van der Waals surface area contributed by atoms with Crippen LogP contribution in [0.25, 0.3) is 0 Å². The fourth-order valence-corrected chi connectivity index (χ4v) is 3.48. The number of carbonyl (C=O) groups excluding carboxylic acids is 1. The summed E-state index contributed by atoms with van der Waals surface area (Å²) in [5, 5.41) is 20.4. The molecule has 0 atom stereocenters. The zero-order chi connectivity index (χ0) is 23.1. The van der Waals surface area contributed by atoms with Gasteiger partial charge in [0, 0.05) is 12.1 Å². The van der Waals surface area contributed by atoms with Crippen molar-refractivity contribution < 1.29 is 24.1 Å². The van der Waals surface area contributed by atoms with Gasteiger partial charge in [-0.25, -0.2) is 0 Å². The zero-order valence-corrected chi connectivity index (χ0v) is 18.6. The molecule has 0 aliphatic heterocycles. The van der Waals surface area contributed by atoms with Gasteiger partial charge in [0.15, 0.2) is 17.3 Å². The van der Waals surface area contributed by atoms with Crippen LogP contribution in [-0.2, 0) is 6.54 Å². The first-order chi connectivity index (χ1) is 14.9. The molecule has 0 radical (unpaired) electrons. The molecule has 0 amide bonds. The highest BCUT2D eigenvalue weighted by atomic mass is 16.5. The van der Waals surface area contributed by atoms with Crippen LogP contribution < -0.4 is 19.8 Å². The molecule has 2 aromatic rings. The highest BCUT2D eigenvalue weighted by molar-refractivity contribution is 6.12. The first-order valence-corrected chi connectivity index (χ1v) is 10.1. The molecule has 166 valence electrons. The van der Waals surface area contributed by atoms with E-state index in [0.29, 0.717) is 12.2 Å². The monoisotopic (exact) mass is 428 g/mol. The Labute approximate surface area is 181 Å². The summed E-state index contributed by atoms with van der Waals surface area (Å²) >= 11 is 0. The Morgan fingerprint density at radius 3 is 2.19 bits per heavy atom. The second-order valence-electron chi connectivity index (χ2n) is 7.07. The van der Waals surface area contributed by atoms with E-state index in [9.17, 15) is 20.0 Å². The number of unbranched alkanes of at least 4 members (excludes halogenated alkanes) is 3. The summed E-state index contributed by atoms with van der Waals surface area (Å²) in [4.78, 5) is 26.1. The lowest BCUT2D eigenvalue weighted by Crippen LogP contribution is -2.27. The smallest absolute Gasteiger partial charge is 0.271 e. The highest BCUT2D eigenvalue weighted by Crippen LogP contribution is 2.39. The first kappa shape index (κ1) is 23.8. The van der Waals surface area contributed by atoms with Crippen LogP contribution in [0.2, 0.25) is 0 Å². The van der Waals surface area contributed by atoms with Crippen molar-refractivity contribution >= 4 is 5.78 Å². The van der Waals surface area contributed by atoms with E-state index in [-0.39, 0.29) is 40.3 Å². The van der Waals surface area contributed by atoms with Crippen LogP contribution in [0.15, 0.2) is 16.9 Å². The van der Waals surface area contributed by atoms with Crippen molar-refractivity contribution in [3.8, 4) is 29.2 Å². The Morgan fingerprint density at radius 1 is 1.10 bits per heavy atom. The third-order valence-corrected chi connectivity index (χ3v) is 5.19. The van der Waals surface area contributed by atoms with Gasteiger partial charge in [0.05, 0.1) is 26.9 Å². The Hall–Kier alpha value is -3.47. The summed E-state index contributed by atoms with van der Waals surface area (Å²) in [5.41, 5.74) is -0.568. The molecule has 2 rings (SSSR count). The minimum Gasteiger partial charge on any atom is -0.494 e. The van der Waals surface area contributed by atoms with E-state index in [1.807, 2.05) is 6.07 Å². The van der Waals surface area contributed by atoms with E-state index >= 15 is 0 Å². The molecule has 0 aliphatic rings. The summed E-state index contributed by atoms with van der Waals surface area (Å²) in [5.74, 6) is -0.141. The van der Waals surface area contributed by atoms with Crippen molar-refractivity contribution in [3.05, 3.63) is 44.7 Å². The second kappa shape index (κ2) is 10.5. The molecule has 0 saturated carbocycles. The molecule has 0 unspecified atom stereocenters. The van der Waals surface area contributed by atoms with Gasteiger partial charge in [0.2, 0.25) is 11.6 Å². The van der Waals surface area contributed by atoms with E-state index in [0.717, 1.165) is 23.8 Å². The quantitative estimate of drug-likeness (QED) is 0.455. The van der Waals surface area contributed by atoms with E-state index < -0.39 is 17.2 Å². The van der Waals surface area contributed by atoms with Crippen LogP contribution in [-0.4, -0.2) is 36.8 Å². The lowest BCUT2D eigenvalue weighted by Gasteiger charge is -2.17. The number of carbonyl (C=O) groups is 1. The lowest BCUT2D eigenvalue weighted by molar-refractivity contribution is 0.103. The number of pyridine rings is 1. The van der Waals surface area contributed by atoms with Crippen molar-refractivity contribution in [3.63, 3.8) is 0 Å². The molecule has 0 bridgehead atoms. The van der Waals surface area contributed by atoms with Crippen LogP contribution in [0.3, 0.4) is 0 Å². The van der Waals surface area contributed by atoms with Gasteiger partial charge >= 0.3 is 0 Å². The van der Waals surface area contributed by atoms with Crippen LogP contribution in [0.5, 0.6) is 23.1 Å². The van der Waals surface area contributed by atoms with Crippen LogP contribution in [0.4, 0.5) is 0 Å². The molecule has 0 spiro atoms. The van der Waals surface area contributed by atoms with Crippen molar-refractivity contribution in [2.24, 2.45) is 0 Å². The average molecular weight is 428 g/mol. The third-order valence-electron chi connectivity index (χ3n) is 5.19. The highest BCUT2D eigenvalue weighted by Gasteiger charge is 2.26. The zero-order valence-electron chi connectivity index (χ0n) is 18.6. The second-order valence-corrected chi connectivity index (χ2v) is 7.07. The van der Waals surface area contributed by atoms with Crippen LogP contribution in [0.1, 0.15) is 59.7 Å². The standard InChI is InChI=1S/C23H28N2O6/c1-6-7-8-9-10-25-22(27)16(13-24)14(2)19(23(25)28)20(26)15-11-17(29-3)21(31-5)18(12-15)30-4/h11-12,28H,6-10H2,1-5H3. The fourth-order valence-electron chi connectivity index (χ4n) is 3.48. The fraction of sp³-hybridized carbons (Fsp3) is 0.435. The Balaban J connectivity index is 2.66. The maximum absolute atomic E-state index is 13.4. The molecule has 1 N–H and O–H groups in total. The molecule has 31 heavy (non-hydrogen) atoms. The predicted molar refractivity (Wildman–Crippen MR) is 115 cm³/mol. The average Bonchev–Trinajstić information content (AvgIpc) is 2.77. The number of ketones is 1. The molecule has 1 aromatic heterocycles. The Morgan fingerprint density at radius 2 is 1.71 bits per heavy atom. The van der Waals surface area contributed by atoms with Crippen molar-refractivity contribution in [2.45, 2.75) is 46.1 Å². The number of aromatic hydroxyl groups is 1. The number of nitriles is 1. The largest absolute Gasteiger partial charge is 0.494 e. The van der Waals surface area contributed by atoms with Crippen molar-refractivity contribution in [2.75, 3.05) is 21.3 Å². The van der Waals surface area contributed by atoms with Gasteiger partial charge in [-0.2, -0.15) is 5.26 Å². The topological polar surface area (TPSA) is 111 Å². The molecule has 0 aliphatic carbocycles. The Bertz CT molecular complexity index is 1040. The Kier molecular flexibility index (Phi) is 8.08. The minimum absolute atomic E-state index is 0.0964. The van der Waals surface area contributed by atoms with Crippen molar-refractivity contribution in [1.29, 1.82) is 5.26 Å². The number of hydrogen-bond donors (Lipinski definition) is 1. The maximum Gasteiger partial charge on any atom is 0.271 e. The first-order valence-electron chi connectivity index (χ1n) is 10.1. The summed E-state index contributed by atoms with van der Waals surface area (Å²) in [6.45, 7) is 3.76. The molecule has 8 nitrogen and oxygen atoms in total. The van der Waals surface area contributed by atoms with Gasteiger partial charge in [0.1, 0.15) is 11.6 Å². The number of benzene rings is 1. The maximum atomic E-state index is 13.4.